The summed E-state index contributed by atoms with van der Waals surface area (Å²) in [5.41, 5.74) is 1.86. The van der Waals surface area contributed by atoms with Gasteiger partial charge in [-0.3, -0.25) is 4.98 Å². The first-order chi connectivity index (χ1) is 13.1. The molecule has 0 amide bonds. The van der Waals surface area contributed by atoms with Crippen LogP contribution in [0.2, 0.25) is 0 Å². The topological polar surface area (TPSA) is 85.7 Å². The number of benzene rings is 1. The maximum absolute atomic E-state index is 10.9. The Morgan fingerprint density at radius 1 is 1.00 bits per heavy atom. The van der Waals surface area contributed by atoms with E-state index in [-0.39, 0.29) is 11.5 Å². The summed E-state index contributed by atoms with van der Waals surface area (Å²) in [5.74, 6) is -0.635. The Hall–Kier alpha value is -3.15. The largest absolute Gasteiger partial charge is 0.492 e. The third kappa shape index (κ3) is 6.93. The van der Waals surface area contributed by atoms with E-state index < -0.39 is 5.97 Å². The van der Waals surface area contributed by atoms with E-state index in [1.165, 1.54) is 0 Å². The monoisotopic (exact) mass is 369 g/mol. The average Bonchev–Trinajstić information content (AvgIpc) is 2.70. The number of carboxylic acid groups (broad SMARTS) is 1. The summed E-state index contributed by atoms with van der Waals surface area (Å²) in [7, 11) is 0. The summed E-state index contributed by atoms with van der Waals surface area (Å²) in [5, 5.41) is 8.92. The standard InChI is InChI=1S/C21H23NO5/c1-2-20(23)27-14-6-4-3-5-13-26-18-11-12-19(22-15-18)16-7-9-17(10-8-16)21(24)25/h2,7-12,15H,1,3-6,13-14H2,(H,24,25). The fourth-order valence-corrected chi connectivity index (χ4v) is 2.40. The number of rotatable bonds is 11. The summed E-state index contributed by atoms with van der Waals surface area (Å²) in [4.78, 5) is 26.1. The maximum atomic E-state index is 10.9. The van der Waals surface area contributed by atoms with Crippen LogP contribution in [0.3, 0.4) is 0 Å². The van der Waals surface area contributed by atoms with Gasteiger partial charge in [-0.25, -0.2) is 9.59 Å². The number of nitrogens with zero attached hydrogens (tertiary/aromatic N) is 1. The van der Waals surface area contributed by atoms with Crippen LogP contribution in [0.1, 0.15) is 36.0 Å². The minimum absolute atomic E-state index is 0.248. The quantitative estimate of drug-likeness (QED) is 0.364. The molecule has 2 rings (SSSR count). The van der Waals surface area contributed by atoms with Gasteiger partial charge >= 0.3 is 11.9 Å². The number of pyridine rings is 1. The van der Waals surface area contributed by atoms with E-state index in [0.29, 0.717) is 19.0 Å². The Balaban J connectivity index is 1.67. The zero-order chi connectivity index (χ0) is 19.5. The summed E-state index contributed by atoms with van der Waals surface area (Å²) in [6.07, 6.45) is 6.53. The van der Waals surface area contributed by atoms with Crippen molar-refractivity contribution in [1.82, 2.24) is 4.98 Å². The van der Waals surface area contributed by atoms with Crippen LogP contribution in [0.4, 0.5) is 0 Å². The molecule has 0 bridgehead atoms. The zero-order valence-electron chi connectivity index (χ0n) is 15.1. The number of carbonyl (C=O) groups excluding carboxylic acids is 1. The van der Waals surface area contributed by atoms with Crippen molar-refractivity contribution in [3.63, 3.8) is 0 Å². The Morgan fingerprint density at radius 3 is 2.30 bits per heavy atom. The molecule has 6 heteroatoms. The van der Waals surface area contributed by atoms with Gasteiger partial charge in [-0.05, 0) is 49.9 Å². The second-order valence-corrected chi connectivity index (χ2v) is 5.90. The van der Waals surface area contributed by atoms with Crippen LogP contribution < -0.4 is 4.74 Å². The molecule has 1 heterocycles. The van der Waals surface area contributed by atoms with Crippen LogP contribution in [-0.4, -0.2) is 35.2 Å². The van der Waals surface area contributed by atoms with Crippen LogP contribution in [0.25, 0.3) is 11.3 Å². The molecular formula is C21H23NO5. The first kappa shape index (κ1) is 20.2. The van der Waals surface area contributed by atoms with Crippen molar-refractivity contribution in [3.8, 4) is 17.0 Å². The molecule has 0 unspecified atom stereocenters. The second-order valence-electron chi connectivity index (χ2n) is 5.90. The van der Waals surface area contributed by atoms with Crippen molar-refractivity contribution in [2.75, 3.05) is 13.2 Å². The van der Waals surface area contributed by atoms with Crippen molar-refractivity contribution in [2.24, 2.45) is 0 Å². The molecule has 27 heavy (non-hydrogen) atoms. The van der Waals surface area contributed by atoms with Crippen molar-refractivity contribution in [1.29, 1.82) is 0 Å². The van der Waals surface area contributed by atoms with Gasteiger partial charge in [0.2, 0.25) is 0 Å². The Bertz CT molecular complexity index is 753. The number of hydrogen-bond donors (Lipinski definition) is 1. The lowest BCUT2D eigenvalue weighted by molar-refractivity contribution is -0.137. The zero-order valence-corrected chi connectivity index (χ0v) is 15.1. The molecule has 1 N–H and O–H groups in total. The number of carbonyl (C=O) groups is 2. The van der Waals surface area contributed by atoms with Gasteiger partial charge in [0, 0.05) is 11.6 Å². The minimum Gasteiger partial charge on any atom is -0.492 e. The Morgan fingerprint density at radius 2 is 1.70 bits per heavy atom. The average molecular weight is 369 g/mol. The van der Waals surface area contributed by atoms with Crippen molar-refractivity contribution < 1.29 is 24.2 Å². The molecule has 0 saturated heterocycles. The number of esters is 1. The molecule has 1 aromatic heterocycles. The third-order valence-corrected chi connectivity index (χ3v) is 3.88. The predicted octanol–water partition coefficient (Wildman–Crippen LogP) is 4.12. The number of aromatic nitrogens is 1. The van der Waals surface area contributed by atoms with Gasteiger partial charge in [-0.2, -0.15) is 0 Å². The van der Waals surface area contributed by atoms with E-state index in [2.05, 4.69) is 11.6 Å². The van der Waals surface area contributed by atoms with Gasteiger partial charge in [0.25, 0.3) is 0 Å². The summed E-state index contributed by atoms with van der Waals surface area (Å²) in [6, 6.07) is 10.3. The van der Waals surface area contributed by atoms with Gasteiger partial charge in [-0.15, -0.1) is 0 Å². The molecule has 6 nitrogen and oxygen atoms in total. The molecule has 142 valence electrons. The van der Waals surface area contributed by atoms with E-state index in [9.17, 15) is 9.59 Å². The van der Waals surface area contributed by atoms with Crippen LogP contribution in [0.5, 0.6) is 5.75 Å². The number of ether oxygens (including phenoxy) is 2. The normalized spacial score (nSPS) is 10.2. The van der Waals surface area contributed by atoms with E-state index in [4.69, 9.17) is 14.6 Å². The molecule has 0 aliphatic carbocycles. The number of carboxylic acids is 1. The van der Waals surface area contributed by atoms with Gasteiger partial charge in [0.05, 0.1) is 30.7 Å². The van der Waals surface area contributed by atoms with Gasteiger partial charge in [-0.1, -0.05) is 18.7 Å². The van der Waals surface area contributed by atoms with E-state index in [0.717, 1.165) is 43.0 Å². The van der Waals surface area contributed by atoms with Crippen molar-refractivity contribution in [3.05, 3.63) is 60.8 Å². The molecule has 0 spiro atoms. The lowest BCUT2D eigenvalue weighted by atomic mass is 10.1. The second kappa shape index (κ2) is 10.8. The number of hydrogen-bond acceptors (Lipinski definition) is 5. The molecule has 0 aliphatic heterocycles. The molecule has 0 saturated carbocycles. The first-order valence-corrected chi connectivity index (χ1v) is 8.82. The van der Waals surface area contributed by atoms with E-state index in [1.54, 1.807) is 30.5 Å². The fourth-order valence-electron chi connectivity index (χ4n) is 2.40. The Kier molecular flexibility index (Phi) is 8.03. The highest BCUT2D eigenvalue weighted by molar-refractivity contribution is 5.88. The highest BCUT2D eigenvalue weighted by atomic mass is 16.5. The van der Waals surface area contributed by atoms with Crippen LogP contribution in [0.15, 0.2) is 55.3 Å². The minimum atomic E-state index is -0.948. The summed E-state index contributed by atoms with van der Waals surface area (Å²) >= 11 is 0. The predicted molar refractivity (Wildman–Crippen MR) is 102 cm³/mol. The first-order valence-electron chi connectivity index (χ1n) is 8.82. The lowest BCUT2D eigenvalue weighted by Crippen LogP contribution is -2.02. The SMILES string of the molecule is C=CC(=O)OCCCCCCOc1ccc(-c2ccc(C(=O)O)cc2)nc1. The van der Waals surface area contributed by atoms with Crippen LogP contribution in [-0.2, 0) is 9.53 Å². The van der Waals surface area contributed by atoms with Crippen LogP contribution >= 0.6 is 0 Å². The van der Waals surface area contributed by atoms with E-state index >= 15 is 0 Å². The summed E-state index contributed by atoms with van der Waals surface area (Å²) in [6.45, 7) is 4.36. The summed E-state index contributed by atoms with van der Waals surface area (Å²) < 4.78 is 10.6. The van der Waals surface area contributed by atoms with Crippen molar-refractivity contribution in [2.45, 2.75) is 25.7 Å². The molecule has 0 atom stereocenters. The van der Waals surface area contributed by atoms with Crippen molar-refractivity contribution >= 4 is 11.9 Å². The Labute approximate surface area is 158 Å². The van der Waals surface area contributed by atoms with Gasteiger partial charge < -0.3 is 14.6 Å². The van der Waals surface area contributed by atoms with Crippen LogP contribution in [0, 0.1) is 0 Å². The fraction of sp³-hybridized carbons (Fsp3) is 0.286. The maximum Gasteiger partial charge on any atom is 0.335 e. The molecule has 0 fully saturated rings. The third-order valence-electron chi connectivity index (χ3n) is 3.88. The smallest absolute Gasteiger partial charge is 0.335 e. The van der Waals surface area contributed by atoms with Gasteiger partial charge in [0.1, 0.15) is 5.75 Å². The molecule has 1 aromatic carbocycles. The molecule has 2 aromatic rings. The number of unbranched alkanes of at least 4 members (excludes halogenated alkanes) is 3. The molecule has 0 aliphatic rings. The highest BCUT2D eigenvalue weighted by Crippen LogP contribution is 2.20. The van der Waals surface area contributed by atoms with E-state index in [1.807, 2.05) is 12.1 Å². The van der Waals surface area contributed by atoms with Gasteiger partial charge in [0.15, 0.2) is 0 Å². The lowest BCUT2D eigenvalue weighted by Gasteiger charge is -2.07. The number of aromatic carboxylic acids is 1. The highest BCUT2D eigenvalue weighted by Gasteiger charge is 2.04. The molecule has 0 radical (unpaired) electrons. The molecular weight excluding hydrogens is 346 g/mol.